The highest BCUT2D eigenvalue weighted by atomic mass is 16.5. The Kier molecular flexibility index (Phi) is 3.79. The highest BCUT2D eigenvalue weighted by Gasteiger charge is 1.99. The molecule has 0 aliphatic heterocycles. The lowest BCUT2D eigenvalue weighted by molar-refractivity contribution is -0.137. The molecule has 0 amide bonds. The molecule has 0 saturated heterocycles. The minimum Gasteiger partial charge on any atom is -0.463 e. The number of esters is 1. The predicted octanol–water partition coefficient (Wildman–Crippen LogP) is 2.16. The Morgan fingerprint density at radius 2 is 2.50 bits per heavy atom. The summed E-state index contributed by atoms with van der Waals surface area (Å²) in [6, 6.07) is 3.53. The third kappa shape index (κ3) is 3.35. The summed E-state index contributed by atoms with van der Waals surface area (Å²) < 4.78 is 9.79. The quantitative estimate of drug-likeness (QED) is 0.590. The summed E-state index contributed by atoms with van der Waals surface area (Å²) in [5.74, 6) is 0.243. The molecule has 0 bridgehead atoms. The largest absolute Gasteiger partial charge is 0.463 e. The SMILES string of the molecule is CCOC(=O)C=C(C)Nc1ccco1. The monoisotopic (exact) mass is 195 g/mol. The normalized spacial score (nSPS) is 11.1. The molecule has 0 radical (unpaired) electrons. The van der Waals surface area contributed by atoms with Crippen LogP contribution < -0.4 is 5.32 Å². The number of hydrogen-bond donors (Lipinski definition) is 1. The third-order valence-electron chi connectivity index (χ3n) is 1.46. The fourth-order valence-corrected chi connectivity index (χ4v) is 0.941. The van der Waals surface area contributed by atoms with E-state index in [1.54, 1.807) is 32.2 Å². The number of carbonyl (C=O) groups is 1. The van der Waals surface area contributed by atoms with Crippen LogP contribution in [0.15, 0.2) is 34.6 Å². The maximum atomic E-state index is 11.0. The van der Waals surface area contributed by atoms with Gasteiger partial charge in [-0.2, -0.15) is 0 Å². The average Bonchev–Trinajstić information content (AvgIpc) is 2.56. The van der Waals surface area contributed by atoms with Crippen LogP contribution in [-0.4, -0.2) is 12.6 Å². The molecule has 0 aromatic carbocycles. The van der Waals surface area contributed by atoms with Crippen molar-refractivity contribution in [3.8, 4) is 0 Å². The second kappa shape index (κ2) is 5.11. The van der Waals surface area contributed by atoms with Crippen LogP contribution in [0.2, 0.25) is 0 Å². The first-order valence-electron chi connectivity index (χ1n) is 4.38. The minimum absolute atomic E-state index is 0.357. The summed E-state index contributed by atoms with van der Waals surface area (Å²) in [6.07, 6.45) is 2.94. The van der Waals surface area contributed by atoms with Crippen molar-refractivity contribution in [3.63, 3.8) is 0 Å². The van der Waals surface area contributed by atoms with Crippen LogP contribution in [0.1, 0.15) is 13.8 Å². The fourth-order valence-electron chi connectivity index (χ4n) is 0.941. The number of allylic oxidation sites excluding steroid dienone is 1. The maximum Gasteiger partial charge on any atom is 0.332 e. The maximum absolute atomic E-state index is 11.0. The average molecular weight is 195 g/mol. The number of nitrogens with one attached hydrogen (secondary N) is 1. The lowest BCUT2D eigenvalue weighted by atomic mass is 10.4. The first kappa shape index (κ1) is 10.4. The van der Waals surface area contributed by atoms with Gasteiger partial charge in [-0.15, -0.1) is 0 Å². The molecule has 14 heavy (non-hydrogen) atoms. The van der Waals surface area contributed by atoms with Crippen LogP contribution in [-0.2, 0) is 9.53 Å². The summed E-state index contributed by atoms with van der Waals surface area (Å²) in [5.41, 5.74) is 0.679. The molecule has 0 saturated carbocycles. The Hall–Kier alpha value is -1.71. The summed E-state index contributed by atoms with van der Waals surface area (Å²) in [6.45, 7) is 3.91. The molecule has 0 spiro atoms. The van der Waals surface area contributed by atoms with Gasteiger partial charge in [0, 0.05) is 17.8 Å². The first-order chi connectivity index (χ1) is 6.72. The smallest absolute Gasteiger partial charge is 0.332 e. The Labute approximate surface area is 82.6 Å². The van der Waals surface area contributed by atoms with Gasteiger partial charge >= 0.3 is 5.97 Å². The third-order valence-corrected chi connectivity index (χ3v) is 1.46. The second-order valence-electron chi connectivity index (χ2n) is 2.68. The number of furan rings is 1. The van der Waals surface area contributed by atoms with Gasteiger partial charge in [-0.3, -0.25) is 0 Å². The minimum atomic E-state index is -0.357. The van der Waals surface area contributed by atoms with Crippen molar-refractivity contribution in [2.75, 3.05) is 11.9 Å². The zero-order valence-electron chi connectivity index (χ0n) is 8.24. The van der Waals surface area contributed by atoms with Crippen molar-refractivity contribution in [1.82, 2.24) is 0 Å². The van der Waals surface area contributed by atoms with Crippen molar-refractivity contribution in [1.29, 1.82) is 0 Å². The Bertz CT molecular complexity index is 314. The van der Waals surface area contributed by atoms with E-state index in [1.165, 1.54) is 6.08 Å². The van der Waals surface area contributed by atoms with Crippen LogP contribution in [0, 0.1) is 0 Å². The number of hydrogen-bond acceptors (Lipinski definition) is 4. The molecular formula is C10H13NO3. The van der Waals surface area contributed by atoms with E-state index < -0.39 is 0 Å². The van der Waals surface area contributed by atoms with Gasteiger partial charge < -0.3 is 14.5 Å². The van der Waals surface area contributed by atoms with E-state index in [-0.39, 0.29) is 5.97 Å². The molecule has 1 N–H and O–H groups in total. The molecule has 4 nitrogen and oxygen atoms in total. The van der Waals surface area contributed by atoms with E-state index in [4.69, 9.17) is 9.15 Å². The van der Waals surface area contributed by atoms with Gasteiger partial charge in [-0.1, -0.05) is 0 Å². The lowest BCUT2D eigenvalue weighted by Crippen LogP contribution is -2.03. The highest BCUT2D eigenvalue weighted by molar-refractivity contribution is 5.83. The second-order valence-corrected chi connectivity index (χ2v) is 2.68. The zero-order valence-corrected chi connectivity index (χ0v) is 8.24. The number of carbonyl (C=O) groups excluding carboxylic acids is 1. The first-order valence-corrected chi connectivity index (χ1v) is 4.38. The molecule has 1 rings (SSSR count). The summed E-state index contributed by atoms with van der Waals surface area (Å²) in [7, 11) is 0. The van der Waals surface area contributed by atoms with Gasteiger partial charge in [0.05, 0.1) is 12.9 Å². The number of rotatable bonds is 4. The molecule has 1 aromatic rings. The summed E-state index contributed by atoms with van der Waals surface area (Å²) in [4.78, 5) is 11.0. The number of anilines is 1. The fraction of sp³-hybridized carbons (Fsp3) is 0.300. The molecule has 0 unspecified atom stereocenters. The van der Waals surface area contributed by atoms with Crippen LogP contribution in [0.5, 0.6) is 0 Å². The highest BCUT2D eigenvalue weighted by Crippen LogP contribution is 2.09. The molecule has 1 aromatic heterocycles. The molecule has 1 heterocycles. The van der Waals surface area contributed by atoms with E-state index in [1.807, 2.05) is 0 Å². The lowest BCUT2D eigenvalue weighted by Gasteiger charge is -2.02. The van der Waals surface area contributed by atoms with Crippen LogP contribution in [0.3, 0.4) is 0 Å². The van der Waals surface area contributed by atoms with Crippen LogP contribution in [0.25, 0.3) is 0 Å². The molecule has 0 atom stereocenters. The van der Waals surface area contributed by atoms with Crippen molar-refractivity contribution in [3.05, 3.63) is 30.2 Å². The van der Waals surface area contributed by atoms with Gasteiger partial charge in [-0.25, -0.2) is 4.79 Å². The van der Waals surface area contributed by atoms with Crippen molar-refractivity contribution in [2.45, 2.75) is 13.8 Å². The van der Waals surface area contributed by atoms with Gasteiger partial charge in [0.1, 0.15) is 0 Å². The Morgan fingerprint density at radius 1 is 1.71 bits per heavy atom. The molecule has 0 fully saturated rings. The molecule has 4 heteroatoms. The van der Waals surface area contributed by atoms with E-state index in [0.717, 1.165) is 0 Å². The van der Waals surface area contributed by atoms with Crippen molar-refractivity contribution >= 4 is 11.9 Å². The van der Waals surface area contributed by atoms with Crippen molar-refractivity contribution in [2.24, 2.45) is 0 Å². The Balaban J connectivity index is 2.49. The van der Waals surface area contributed by atoms with Gasteiger partial charge in [0.25, 0.3) is 0 Å². The van der Waals surface area contributed by atoms with E-state index >= 15 is 0 Å². The zero-order chi connectivity index (χ0) is 10.4. The van der Waals surface area contributed by atoms with E-state index in [9.17, 15) is 4.79 Å². The molecular weight excluding hydrogens is 182 g/mol. The van der Waals surface area contributed by atoms with Crippen LogP contribution in [0.4, 0.5) is 5.88 Å². The van der Waals surface area contributed by atoms with Gasteiger partial charge in [-0.05, 0) is 19.9 Å². The van der Waals surface area contributed by atoms with Gasteiger partial charge in [0.2, 0.25) is 0 Å². The van der Waals surface area contributed by atoms with Crippen molar-refractivity contribution < 1.29 is 13.9 Å². The topological polar surface area (TPSA) is 51.5 Å². The molecule has 0 aliphatic rings. The summed E-state index contributed by atoms with van der Waals surface area (Å²) >= 11 is 0. The Morgan fingerprint density at radius 3 is 3.07 bits per heavy atom. The molecule has 76 valence electrons. The predicted molar refractivity (Wildman–Crippen MR) is 52.7 cm³/mol. The summed E-state index contributed by atoms with van der Waals surface area (Å²) in [5, 5.41) is 2.90. The van der Waals surface area contributed by atoms with E-state index in [2.05, 4.69) is 5.32 Å². The van der Waals surface area contributed by atoms with E-state index in [0.29, 0.717) is 18.2 Å². The number of ether oxygens (including phenoxy) is 1. The standard InChI is InChI=1S/C10H13NO3/c1-3-13-10(12)7-8(2)11-9-5-4-6-14-9/h4-7,11H,3H2,1-2H3. The van der Waals surface area contributed by atoms with Gasteiger partial charge in [0.15, 0.2) is 5.88 Å². The molecule has 0 aliphatic carbocycles. The van der Waals surface area contributed by atoms with Crippen LogP contribution >= 0.6 is 0 Å².